The minimum absolute atomic E-state index is 0.127. The number of carboxylic acids is 1. The van der Waals surface area contributed by atoms with Crippen molar-refractivity contribution < 1.29 is 34.5 Å². The van der Waals surface area contributed by atoms with Crippen molar-refractivity contribution in [2.24, 2.45) is 5.16 Å². The van der Waals surface area contributed by atoms with Crippen LogP contribution in [0.5, 0.6) is 11.5 Å². The van der Waals surface area contributed by atoms with Gasteiger partial charge in [0.05, 0.1) is 6.61 Å². The summed E-state index contributed by atoms with van der Waals surface area (Å²) in [6.45, 7) is 9.70. The van der Waals surface area contributed by atoms with Crippen LogP contribution in [0.15, 0.2) is 41.6 Å². The second-order valence-electron chi connectivity index (χ2n) is 8.45. The van der Waals surface area contributed by atoms with Gasteiger partial charge in [-0.05, 0) is 49.1 Å². The van der Waals surface area contributed by atoms with Gasteiger partial charge in [-0.15, -0.1) is 0 Å². The Bertz CT molecular complexity index is 1040. The highest BCUT2D eigenvalue weighted by Gasteiger charge is 2.23. The number of esters is 1. The number of hydrogen-bond donors (Lipinski definition) is 4. The molecule has 0 heterocycles. The number of phenols is 1. The SMILES string of the molecule is CCOC(=O)C(C)Nc1ccc(C(COc2ccc(C(=O)O)c(O)c2)=NO)cc1C(C)(C)C. The molecular formula is C24H30N2O7. The number of ether oxygens (including phenoxy) is 2. The highest BCUT2D eigenvalue weighted by Crippen LogP contribution is 2.31. The average Bonchev–Trinajstić information content (AvgIpc) is 2.74. The van der Waals surface area contributed by atoms with E-state index >= 15 is 0 Å². The number of aromatic carboxylic acids is 1. The zero-order valence-electron chi connectivity index (χ0n) is 19.4. The third kappa shape index (κ3) is 6.61. The van der Waals surface area contributed by atoms with Crippen LogP contribution in [0.2, 0.25) is 0 Å². The number of aromatic hydroxyl groups is 1. The van der Waals surface area contributed by atoms with Gasteiger partial charge < -0.3 is 30.2 Å². The van der Waals surface area contributed by atoms with E-state index in [1.807, 2.05) is 26.8 Å². The minimum atomic E-state index is -1.25. The molecule has 2 rings (SSSR count). The van der Waals surface area contributed by atoms with Crippen molar-refractivity contribution in [3.63, 3.8) is 0 Å². The van der Waals surface area contributed by atoms with E-state index in [2.05, 4.69) is 10.5 Å². The van der Waals surface area contributed by atoms with E-state index in [0.717, 1.165) is 11.3 Å². The molecule has 1 atom stereocenters. The van der Waals surface area contributed by atoms with E-state index < -0.39 is 17.8 Å². The number of carbonyl (C=O) groups excluding carboxylic acids is 1. The van der Waals surface area contributed by atoms with Crippen molar-refractivity contribution >= 4 is 23.3 Å². The van der Waals surface area contributed by atoms with Gasteiger partial charge in [0, 0.05) is 17.3 Å². The third-order valence-electron chi connectivity index (χ3n) is 4.87. The predicted octanol–water partition coefficient (Wildman–Crippen LogP) is 4.01. The fraction of sp³-hybridized carbons (Fsp3) is 0.375. The average molecular weight is 459 g/mol. The lowest BCUT2D eigenvalue weighted by Gasteiger charge is -2.26. The maximum Gasteiger partial charge on any atom is 0.339 e. The summed E-state index contributed by atoms with van der Waals surface area (Å²) >= 11 is 0. The van der Waals surface area contributed by atoms with Crippen molar-refractivity contribution in [1.82, 2.24) is 0 Å². The van der Waals surface area contributed by atoms with E-state index in [1.54, 1.807) is 26.0 Å². The Kier molecular flexibility index (Phi) is 8.28. The third-order valence-corrected chi connectivity index (χ3v) is 4.87. The van der Waals surface area contributed by atoms with E-state index in [0.29, 0.717) is 12.2 Å². The molecule has 4 N–H and O–H groups in total. The van der Waals surface area contributed by atoms with Gasteiger partial charge in [-0.2, -0.15) is 0 Å². The van der Waals surface area contributed by atoms with Crippen LogP contribution >= 0.6 is 0 Å². The van der Waals surface area contributed by atoms with Crippen LogP contribution in [0.25, 0.3) is 0 Å². The lowest BCUT2D eigenvalue weighted by atomic mass is 9.84. The molecule has 33 heavy (non-hydrogen) atoms. The Labute approximate surface area is 192 Å². The molecule has 0 spiro atoms. The number of nitrogens with one attached hydrogen (secondary N) is 1. The van der Waals surface area contributed by atoms with Gasteiger partial charge in [-0.3, -0.25) is 0 Å². The van der Waals surface area contributed by atoms with Crippen LogP contribution in [0, 0.1) is 0 Å². The quantitative estimate of drug-likeness (QED) is 0.191. The molecule has 2 aromatic rings. The monoisotopic (exact) mass is 458 g/mol. The van der Waals surface area contributed by atoms with Crippen LogP contribution < -0.4 is 10.1 Å². The maximum atomic E-state index is 12.0. The molecule has 2 aromatic carbocycles. The summed E-state index contributed by atoms with van der Waals surface area (Å²) in [5, 5.41) is 34.9. The summed E-state index contributed by atoms with van der Waals surface area (Å²) in [5.74, 6) is -1.82. The first-order chi connectivity index (χ1) is 15.5. The smallest absolute Gasteiger partial charge is 0.339 e. The second kappa shape index (κ2) is 10.7. The number of carboxylic acid groups (broad SMARTS) is 1. The Hall–Kier alpha value is -3.75. The molecule has 0 fully saturated rings. The molecule has 1 unspecified atom stereocenters. The first-order valence-corrected chi connectivity index (χ1v) is 10.5. The molecule has 0 bridgehead atoms. The lowest BCUT2D eigenvalue weighted by Crippen LogP contribution is -2.29. The molecule has 0 radical (unpaired) electrons. The number of rotatable bonds is 9. The van der Waals surface area contributed by atoms with Gasteiger partial charge in [0.2, 0.25) is 0 Å². The molecule has 0 saturated heterocycles. The molecule has 0 aliphatic rings. The largest absolute Gasteiger partial charge is 0.507 e. The summed E-state index contributed by atoms with van der Waals surface area (Å²) in [4.78, 5) is 23.1. The Balaban J connectivity index is 2.26. The Morgan fingerprint density at radius 1 is 1.15 bits per heavy atom. The zero-order chi connectivity index (χ0) is 24.8. The summed E-state index contributed by atoms with van der Waals surface area (Å²) in [6.07, 6.45) is 0. The summed E-state index contributed by atoms with van der Waals surface area (Å²) in [5.41, 5.74) is 1.93. The van der Waals surface area contributed by atoms with Crippen LogP contribution in [0.3, 0.4) is 0 Å². The molecule has 0 aromatic heterocycles. The summed E-state index contributed by atoms with van der Waals surface area (Å²) in [6, 6.07) is 8.65. The van der Waals surface area contributed by atoms with Crippen molar-refractivity contribution in [3.05, 3.63) is 53.1 Å². The van der Waals surface area contributed by atoms with Crippen LogP contribution in [-0.4, -0.2) is 52.3 Å². The van der Waals surface area contributed by atoms with Crippen LogP contribution in [0.1, 0.15) is 56.1 Å². The van der Waals surface area contributed by atoms with Crippen molar-refractivity contribution in [3.8, 4) is 11.5 Å². The Morgan fingerprint density at radius 3 is 2.39 bits per heavy atom. The topological polar surface area (TPSA) is 138 Å². The van der Waals surface area contributed by atoms with Crippen molar-refractivity contribution in [1.29, 1.82) is 0 Å². The van der Waals surface area contributed by atoms with E-state index in [4.69, 9.17) is 14.6 Å². The van der Waals surface area contributed by atoms with Gasteiger partial charge in [0.1, 0.15) is 35.4 Å². The zero-order valence-corrected chi connectivity index (χ0v) is 19.4. The fourth-order valence-corrected chi connectivity index (χ4v) is 3.13. The first kappa shape index (κ1) is 25.5. The molecule has 0 aliphatic carbocycles. The van der Waals surface area contributed by atoms with Crippen LogP contribution in [0.4, 0.5) is 5.69 Å². The second-order valence-corrected chi connectivity index (χ2v) is 8.45. The number of oxime groups is 1. The molecule has 0 saturated carbocycles. The van der Waals surface area contributed by atoms with Gasteiger partial charge in [0.25, 0.3) is 0 Å². The normalized spacial score (nSPS) is 12.7. The highest BCUT2D eigenvalue weighted by molar-refractivity contribution is 6.02. The lowest BCUT2D eigenvalue weighted by molar-refractivity contribution is -0.143. The van der Waals surface area contributed by atoms with Crippen LogP contribution in [-0.2, 0) is 14.9 Å². The molecule has 9 heteroatoms. The fourth-order valence-electron chi connectivity index (χ4n) is 3.13. The Morgan fingerprint density at radius 2 is 1.85 bits per heavy atom. The number of carbonyl (C=O) groups is 2. The number of hydrogen-bond acceptors (Lipinski definition) is 8. The van der Waals surface area contributed by atoms with E-state index in [-0.39, 0.29) is 35.0 Å². The van der Waals surface area contributed by atoms with Gasteiger partial charge >= 0.3 is 11.9 Å². The first-order valence-electron chi connectivity index (χ1n) is 10.5. The number of anilines is 1. The molecule has 0 aliphatic heterocycles. The van der Waals surface area contributed by atoms with Crippen molar-refractivity contribution in [2.45, 2.75) is 46.1 Å². The molecular weight excluding hydrogens is 428 g/mol. The highest BCUT2D eigenvalue weighted by atomic mass is 16.5. The molecule has 0 amide bonds. The van der Waals surface area contributed by atoms with E-state index in [1.165, 1.54) is 18.2 Å². The van der Waals surface area contributed by atoms with Gasteiger partial charge in [-0.25, -0.2) is 9.59 Å². The summed E-state index contributed by atoms with van der Waals surface area (Å²) in [7, 11) is 0. The minimum Gasteiger partial charge on any atom is -0.507 e. The molecule has 178 valence electrons. The van der Waals surface area contributed by atoms with Crippen molar-refractivity contribution in [2.75, 3.05) is 18.5 Å². The number of benzene rings is 2. The van der Waals surface area contributed by atoms with Gasteiger partial charge in [-0.1, -0.05) is 32.0 Å². The molecule has 9 nitrogen and oxygen atoms in total. The summed E-state index contributed by atoms with van der Waals surface area (Å²) < 4.78 is 10.7. The van der Waals surface area contributed by atoms with E-state index in [9.17, 15) is 19.9 Å². The van der Waals surface area contributed by atoms with Gasteiger partial charge in [0.15, 0.2) is 0 Å². The predicted molar refractivity (Wildman–Crippen MR) is 124 cm³/mol. The number of nitrogens with zero attached hydrogens (tertiary/aromatic N) is 1. The maximum absolute atomic E-state index is 12.0. The standard InChI is InChI=1S/C24H30N2O7/c1-6-32-23(30)14(2)25-19-10-7-15(11-18(19)24(3,4)5)20(26-31)13-33-16-8-9-17(22(28)29)21(27)12-16/h7-12,14,25,27,31H,6,13H2,1-5H3,(H,28,29).